The summed E-state index contributed by atoms with van der Waals surface area (Å²) in [7, 11) is 0.832. The van der Waals surface area contributed by atoms with Gasteiger partial charge < -0.3 is 10.1 Å². The van der Waals surface area contributed by atoms with Crippen LogP contribution in [0, 0.1) is 30.2 Å². The van der Waals surface area contributed by atoms with E-state index in [-0.39, 0.29) is 5.11 Å². The lowest BCUT2D eigenvalue weighted by Gasteiger charge is -2.14. The summed E-state index contributed by atoms with van der Waals surface area (Å²) in [4.78, 5) is 13.0. The molecule has 2 aromatic heterocycles. The van der Waals surface area contributed by atoms with Crippen molar-refractivity contribution >= 4 is 45.2 Å². The van der Waals surface area contributed by atoms with E-state index in [0.717, 1.165) is 18.5 Å². The van der Waals surface area contributed by atoms with Crippen LogP contribution in [-0.4, -0.2) is 37.9 Å². The monoisotopic (exact) mass is 524 g/mol. The number of nitrogens with zero attached hydrogens (tertiary/aromatic N) is 4. The molecule has 2 heterocycles. The van der Waals surface area contributed by atoms with Gasteiger partial charge in [0.2, 0.25) is 16.6 Å². The van der Waals surface area contributed by atoms with Crippen LogP contribution in [0.4, 0.5) is 23.2 Å². The summed E-state index contributed by atoms with van der Waals surface area (Å²) in [6.07, 6.45) is 0.680. The van der Waals surface area contributed by atoms with E-state index in [1.54, 1.807) is 23.6 Å². The lowest BCUT2D eigenvalue weighted by atomic mass is 10.1. The van der Waals surface area contributed by atoms with Crippen molar-refractivity contribution in [1.82, 2.24) is 25.1 Å². The number of aromatic nitrogens is 4. The Labute approximate surface area is 204 Å². The molecule has 1 amide bonds. The number of rotatable bonds is 5. The Bertz CT molecular complexity index is 1460. The number of fused-ring (bicyclic) bond motifs is 1. The third kappa shape index (κ3) is 4.41. The summed E-state index contributed by atoms with van der Waals surface area (Å²) < 4.78 is 62.2. The van der Waals surface area contributed by atoms with Gasteiger partial charge in [0.1, 0.15) is 10.6 Å². The quantitative estimate of drug-likeness (QED) is 0.227. The van der Waals surface area contributed by atoms with Crippen molar-refractivity contribution in [3.63, 3.8) is 0 Å². The Morgan fingerprint density at radius 1 is 1.14 bits per heavy atom. The van der Waals surface area contributed by atoms with Crippen LogP contribution < -0.4 is 15.4 Å². The summed E-state index contributed by atoms with van der Waals surface area (Å²) in [5, 5.41) is 17.8. The molecule has 4 rings (SSSR count). The van der Waals surface area contributed by atoms with Crippen molar-refractivity contribution < 1.29 is 27.1 Å². The molecule has 35 heavy (non-hydrogen) atoms. The second-order valence-corrected chi connectivity index (χ2v) is 8.54. The molecule has 0 bridgehead atoms. The molecule has 0 radical (unpaired) electrons. The van der Waals surface area contributed by atoms with Crippen molar-refractivity contribution in [2.45, 2.75) is 20.3 Å². The number of halogens is 4. The van der Waals surface area contributed by atoms with Gasteiger partial charge in [0.15, 0.2) is 28.3 Å². The molecule has 0 spiro atoms. The third-order valence-corrected chi connectivity index (χ3v) is 6.13. The third-order valence-electron chi connectivity index (χ3n) is 4.97. The standard InChI is InChI=1S/C21H16F4N6O2S2/c1-4-11-28-29-21-31(11)30-19(35-21)9-5-6-10(8(2)7-9)26-20(34)27-18(32)12-13(22)15(24)17(33-3)16(25)14(12)23/h5-7H,4H2,1-3H3,(H2,26,27,32,34). The highest BCUT2D eigenvalue weighted by atomic mass is 32.1. The fourth-order valence-electron chi connectivity index (χ4n) is 3.24. The first-order valence-corrected chi connectivity index (χ1v) is 11.2. The molecule has 4 aromatic rings. The maximum absolute atomic E-state index is 14.2. The molecule has 2 aromatic carbocycles. The number of carbonyl (C=O) groups is 1. The molecule has 182 valence electrons. The van der Waals surface area contributed by atoms with Crippen molar-refractivity contribution in [3.05, 3.63) is 58.4 Å². The molecule has 8 nitrogen and oxygen atoms in total. The zero-order valence-corrected chi connectivity index (χ0v) is 20.0. The van der Waals surface area contributed by atoms with Crippen LogP contribution in [0.2, 0.25) is 0 Å². The number of carbonyl (C=O) groups excluding carboxylic acids is 1. The van der Waals surface area contributed by atoms with E-state index >= 15 is 0 Å². The summed E-state index contributed by atoms with van der Waals surface area (Å²) in [6, 6.07) is 5.24. The number of aryl methyl sites for hydroxylation is 2. The number of thiocarbonyl (C=S) groups is 1. The van der Waals surface area contributed by atoms with Gasteiger partial charge in [-0.25, -0.2) is 8.78 Å². The Morgan fingerprint density at radius 3 is 2.43 bits per heavy atom. The van der Waals surface area contributed by atoms with Gasteiger partial charge in [-0.15, -0.1) is 10.2 Å². The van der Waals surface area contributed by atoms with Gasteiger partial charge in [0.25, 0.3) is 5.91 Å². The second kappa shape index (κ2) is 9.54. The van der Waals surface area contributed by atoms with Gasteiger partial charge in [-0.2, -0.15) is 18.4 Å². The van der Waals surface area contributed by atoms with Crippen molar-refractivity contribution in [3.8, 4) is 16.3 Å². The first kappa shape index (κ1) is 24.5. The van der Waals surface area contributed by atoms with Crippen LogP contribution in [0.5, 0.6) is 5.75 Å². The minimum Gasteiger partial charge on any atom is -0.491 e. The summed E-state index contributed by atoms with van der Waals surface area (Å²) in [5.74, 6) is -9.49. The molecule has 2 N–H and O–H groups in total. The van der Waals surface area contributed by atoms with Crippen molar-refractivity contribution in [1.29, 1.82) is 0 Å². The van der Waals surface area contributed by atoms with Gasteiger partial charge in [-0.05, 0) is 42.9 Å². The van der Waals surface area contributed by atoms with E-state index < -0.39 is 40.5 Å². The topological polar surface area (TPSA) is 93.4 Å². The van der Waals surface area contributed by atoms with Crippen LogP contribution >= 0.6 is 23.6 Å². The number of ether oxygens (including phenoxy) is 1. The lowest BCUT2D eigenvalue weighted by Crippen LogP contribution is -2.35. The number of methoxy groups -OCH3 is 1. The molecule has 0 atom stereocenters. The van der Waals surface area contributed by atoms with Crippen molar-refractivity contribution in [2.75, 3.05) is 12.4 Å². The average Bonchev–Trinajstić information content (AvgIpc) is 3.40. The molecule has 0 unspecified atom stereocenters. The Kier molecular flexibility index (Phi) is 6.67. The maximum Gasteiger partial charge on any atom is 0.263 e. The van der Waals surface area contributed by atoms with E-state index in [1.165, 1.54) is 11.3 Å². The molecular formula is C21H16F4N6O2S2. The van der Waals surface area contributed by atoms with E-state index in [2.05, 4.69) is 25.3 Å². The van der Waals surface area contributed by atoms with Crippen LogP contribution in [0.1, 0.15) is 28.7 Å². The lowest BCUT2D eigenvalue weighted by molar-refractivity contribution is 0.0966. The predicted octanol–water partition coefficient (Wildman–Crippen LogP) is 4.42. The van der Waals surface area contributed by atoms with Crippen molar-refractivity contribution in [2.24, 2.45) is 0 Å². The number of nitrogens with one attached hydrogen (secondary N) is 2. The highest BCUT2D eigenvalue weighted by Crippen LogP contribution is 2.30. The molecule has 0 aliphatic heterocycles. The van der Waals surface area contributed by atoms with Gasteiger partial charge >= 0.3 is 0 Å². The zero-order valence-electron chi connectivity index (χ0n) is 18.4. The largest absolute Gasteiger partial charge is 0.491 e. The second-order valence-electron chi connectivity index (χ2n) is 7.17. The Morgan fingerprint density at radius 2 is 1.83 bits per heavy atom. The number of benzene rings is 2. The highest BCUT2D eigenvalue weighted by Gasteiger charge is 2.30. The fraction of sp³-hybridized carbons (Fsp3) is 0.190. The maximum atomic E-state index is 14.2. The van der Waals surface area contributed by atoms with Gasteiger partial charge in [-0.3, -0.25) is 10.1 Å². The van der Waals surface area contributed by atoms with E-state index in [9.17, 15) is 22.4 Å². The van der Waals surface area contributed by atoms with Gasteiger partial charge in [-0.1, -0.05) is 18.3 Å². The normalized spacial score (nSPS) is 11.1. The van der Waals surface area contributed by atoms with Crippen LogP contribution in [0.25, 0.3) is 15.5 Å². The van der Waals surface area contributed by atoms with E-state index in [4.69, 9.17) is 12.2 Å². The number of hydrogen-bond donors (Lipinski definition) is 2. The first-order chi connectivity index (χ1) is 16.7. The SMILES string of the molecule is CCc1nnc2sc(-c3ccc(NC(=S)NC(=O)c4c(F)c(F)c(OC)c(F)c4F)c(C)c3)nn12. The summed E-state index contributed by atoms with van der Waals surface area (Å²) in [6.45, 7) is 3.72. The van der Waals surface area contributed by atoms with Gasteiger partial charge in [0.05, 0.1) is 7.11 Å². The Balaban J connectivity index is 1.51. The molecular weight excluding hydrogens is 508 g/mol. The average molecular weight is 525 g/mol. The smallest absolute Gasteiger partial charge is 0.263 e. The van der Waals surface area contributed by atoms with Crippen LogP contribution in [-0.2, 0) is 6.42 Å². The van der Waals surface area contributed by atoms with E-state index in [1.807, 2.05) is 18.3 Å². The summed E-state index contributed by atoms with van der Waals surface area (Å²) in [5.41, 5.74) is 0.518. The molecule has 0 fully saturated rings. The molecule has 0 aliphatic rings. The minimum absolute atomic E-state index is 0.340. The predicted molar refractivity (Wildman–Crippen MR) is 125 cm³/mol. The van der Waals surface area contributed by atoms with Crippen LogP contribution in [0.3, 0.4) is 0 Å². The summed E-state index contributed by atoms with van der Waals surface area (Å²) >= 11 is 6.39. The number of amides is 1. The van der Waals surface area contributed by atoms with Crippen LogP contribution in [0.15, 0.2) is 18.2 Å². The highest BCUT2D eigenvalue weighted by molar-refractivity contribution is 7.80. The van der Waals surface area contributed by atoms with Gasteiger partial charge in [0, 0.05) is 17.7 Å². The minimum atomic E-state index is -1.90. The molecule has 14 heteroatoms. The molecule has 0 saturated heterocycles. The first-order valence-electron chi connectivity index (χ1n) is 10.0. The number of hydrogen-bond acceptors (Lipinski definition) is 7. The Hall–Kier alpha value is -3.65. The number of anilines is 1. The van der Waals surface area contributed by atoms with E-state index in [0.29, 0.717) is 27.6 Å². The molecule has 0 saturated carbocycles. The molecule has 0 aliphatic carbocycles. The zero-order chi connectivity index (χ0) is 25.4. The fourth-order valence-corrected chi connectivity index (χ4v) is 4.30.